The molecule has 0 fully saturated rings. The molecule has 0 atom stereocenters. The maximum Gasteiger partial charge on any atom is 0.338 e. The Labute approximate surface area is 173 Å². The van der Waals surface area contributed by atoms with E-state index in [0.29, 0.717) is 22.6 Å². The maximum absolute atomic E-state index is 12.4. The smallest absolute Gasteiger partial charge is 0.338 e. The maximum atomic E-state index is 12.4. The van der Waals surface area contributed by atoms with Crippen molar-refractivity contribution in [2.75, 3.05) is 18.5 Å². The number of aryl methyl sites for hydroxylation is 1. The highest BCUT2D eigenvalue weighted by atomic mass is 16.5. The standard InChI is InChI=1S/C24H19NO5/c1-15-2-4-16(5-3-15)17-6-8-18(9-7-17)24(28)30-13-21(26)19-10-11-22-20(12-19)25-23(27)14-29-22/h2-12H,13-14H2,1H3,(H,25,27). The van der Waals surface area contributed by atoms with Crippen molar-refractivity contribution in [3.63, 3.8) is 0 Å². The number of benzene rings is 3. The third-order valence-corrected chi connectivity index (χ3v) is 4.77. The number of fused-ring (bicyclic) bond motifs is 1. The van der Waals surface area contributed by atoms with E-state index in [1.165, 1.54) is 11.6 Å². The number of esters is 1. The van der Waals surface area contributed by atoms with Gasteiger partial charge in [0.25, 0.3) is 5.91 Å². The fourth-order valence-electron chi connectivity index (χ4n) is 3.10. The highest BCUT2D eigenvalue weighted by Crippen LogP contribution is 2.28. The van der Waals surface area contributed by atoms with Gasteiger partial charge in [-0.05, 0) is 48.4 Å². The highest BCUT2D eigenvalue weighted by Gasteiger charge is 2.19. The van der Waals surface area contributed by atoms with Crippen LogP contribution in [0.2, 0.25) is 0 Å². The van der Waals surface area contributed by atoms with Gasteiger partial charge in [0.05, 0.1) is 11.3 Å². The molecule has 1 amide bonds. The number of Topliss-reactive ketones (excluding diaryl/α,β-unsaturated/α-hetero) is 1. The van der Waals surface area contributed by atoms with Crippen LogP contribution in [-0.4, -0.2) is 30.9 Å². The molecule has 0 bridgehead atoms. The molecule has 0 spiro atoms. The van der Waals surface area contributed by atoms with Crippen LogP contribution in [0.1, 0.15) is 26.3 Å². The number of rotatable bonds is 5. The Kier molecular flexibility index (Phi) is 5.30. The Morgan fingerprint density at radius 1 is 0.933 bits per heavy atom. The number of nitrogens with one attached hydrogen (secondary N) is 1. The van der Waals surface area contributed by atoms with E-state index in [0.717, 1.165) is 11.1 Å². The molecule has 0 saturated carbocycles. The zero-order valence-electron chi connectivity index (χ0n) is 16.3. The predicted molar refractivity (Wildman–Crippen MR) is 112 cm³/mol. The minimum absolute atomic E-state index is 0.0550. The lowest BCUT2D eigenvalue weighted by Crippen LogP contribution is -2.25. The average Bonchev–Trinajstić information content (AvgIpc) is 2.77. The molecule has 1 aliphatic rings. The van der Waals surface area contributed by atoms with Gasteiger partial charge in [0.15, 0.2) is 19.0 Å². The fourth-order valence-corrected chi connectivity index (χ4v) is 3.10. The molecule has 0 aliphatic carbocycles. The first-order valence-electron chi connectivity index (χ1n) is 9.44. The van der Waals surface area contributed by atoms with Crippen LogP contribution >= 0.6 is 0 Å². The summed E-state index contributed by atoms with van der Waals surface area (Å²) in [6.07, 6.45) is 0. The third-order valence-electron chi connectivity index (χ3n) is 4.77. The minimum atomic E-state index is -0.576. The molecule has 0 unspecified atom stereocenters. The number of amides is 1. The molecule has 6 nitrogen and oxygen atoms in total. The van der Waals surface area contributed by atoms with Gasteiger partial charge in [-0.15, -0.1) is 0 Å². The van der Waals surface area contributed by atoms with E-state index in [4.69, 9.17) is 9.47 Å². The number of anilines is 1. The number of hydrogen-bond acceptors (Lipinski definition) is 5. The van der Waals surface area contributed by atoms with Crippen molar-refractivity contribution < 1.29 is 23.9 Å². The Balaban J connectivity index is 1.38. The summed E-state index contributed by atoms with van der Waals surface area (Å²) in [5.41, 5.74) is 4.33. The van der Waals surface area contributed by atoms with E-state index in [1.807, 2.05) is 43.3 Å². The summed E-state index contributed by atoms with van der Waals surface area (Å²) >= 11 is 0. The average molecular weight is 401 g/mol. The summed E-state index contributed by atoms with van der Waals surface area (Å²) < 4.78 is 10.4. The summed E-state index contributed by atoms with van der Waals surface area (Å²) in [5, 5.41) is 2.64. The monoisotopic (exact) mass is 401 g/mol. The lowest BCUT2D eigenvalue weighted by Gasteiger charge is -2.18. The SMILES string of the molecule is Cc1ccc(-c2ccc(C(=O)OCC(=O)c3ccc4c(c3)NC(=O)CO4)cc2)cc1. The van der Waals surface area contributed by atoms with E-state index in [-0.39, 0.29) is 18.3 Å². The van der Waals surface area contributed by atoms with Crippen LogP contribution in [0, 0.1) is 6.92 Å². The van der Waals surface area contributed by atoms with Crippen LogP contribution in [0.3, 0.4) is 0 Å². The van der Waals surface area contributed by atoms with Crippen LogP contribution in [0.4, 0.5) is 5.69 Å². The van der Waals surface area contributed by atoms with Crippen molar-refractivity contribution >= 4 is 23.3 Å². The second-order valence-corrected chi connectivity index (χ2v) is 6.99. The number of ether oxygens (including phenoxy) is 2. The van der Waals surface area contributed by atoms with E-state index in [9.17, 15) is 14.4 Å². The number of carbonyl (C=O) groups excluding carboxylic acids is 3. The van der Waals surface area contributed by atoms with Gasteiger partial charge in [-0.3, -0.25) is 9.59 Å². The Bertz CT molecular complexity index is 1120. The van der Waals surface area contributed by atoms with E-state index in [1.54, 1.807) is 24.3 Å². The highest BCUT2D eigenvalue weighted by molar-refractivity contribution is 6.02. The van der Waals surface area contributed by atoms with Crippen molar-refractivity contribution in [1.82, 2.24) is 0 Å². The largest absolute Gasteiger partial charge is 0.482 e. The fraction of sp³-hybridized carbons (Fsp3) is 0.125. The van der Waals surface area contributed by atoms with Crippen molar-refractivity contribution in [3.05, 3.63) is 83.4 Å². The molecule has 0 saturated heterocycles. The van der Waals surface area contributed by atoms with Crippen molar-refractivity contribution in [1.29, 1.82) is 0 Å². The van der Waals surface area contributed by atoms with Crippen LogP contribution in [0.15, 0.2) is 66.7 Å². The van der Waals surface area contributed by atoms with Gasteiger partial charge >= 0.3 is 5.97 Å². The van der Waals surface area contributed by atoms with Gasteiger partial charge in [-0.25, -0.2) is 4.79 Å². The molecule has 1 aliphatic heterocycles. The number of ketones is 1. The van der Waals surface area contributed by atoms with E-state index in [2.05, 4.69) is 5.32 Å². The van der Waals surface area contributed by atoms with Crippen LogP contribution < -0.4 is 10.1 Å². The van der Waals surface area contributed by atoms with E-state index >= 15 is 0 Å². The molecule has 3 aromatic rings. The van der Waals surface area contributed by atoms with E-state index < -0.39 is 12.6 Å². The van der Waals surface area contributed by atoms with Crippen LogP contribution in [-0.2, 0) is 9.53 Å². The molecule has 0 radical (unpaired) electrons. The van der Waals surface area contributed by atoms with Gasteiger partial charge in [-0.1, -0.05) is 42.0 Å². The Morgan fingerprint density at radius 3 is 2.27 bits per heavy atom. The molecule has 4 rings (SSSR count). The van der Waals surface area contributed by atoms with Gasteiger partial charge in [0.1, 0.15) is 5.75 Å². The summed E-state index contributed by atoms with van der Waals surface area (Å²) in [7, 11) is 0. The lowest BCUT2D eigenvalue weighted by atomic mass is 10.0. The summed E-state index contributed by atoms with van der Waals surface area (Å²) in [4.78, 5) is 36.1. The van der Waals surface area contributed by atoms with Crippen LogP contribution in [0.25, 0.3) is 11.1 Å². The normalized spacial score (nSPS) is 12.4. The zero-order valence-corrected chi connectivity index (χ0v) is 16.3. The Morgan fingerprint density at radius 2 is 1.57 bits per heavy atom. The Hall–Kier alpha value is -3.93. The number of carbonyl (C=O) groups is 3. The van der Waals surface area contributed by atoms with Crippen molar-refractivity contribution in [2.24, 2.45) is 0 Å². The first-order chi connectivity index (χ1) is 14.5. The molecule has 1 N–H and O–H groups in total. The molecule has 30 heavy (non-hydrogen) atoms. The molecule has 3 aromatic carbocycles. The summed E-state index contributed by atoms with van der Waals surface area (Å²) in [5.74, 6) is -0.736. The second-order valence-electron chi connectivity index (χ2n) is 6.99. The van der Waals surface area contributed by atoms with Gasteiger partial charge in [0.2, 0.25) is 0 Å². The van der Waals surface area contributed by atoms with Crippen molar-refractivity contribution in [2.45, 2.75) is 6.92 Å². The predicted octanol–water partition coefficient (Wildman–Crippen LogP) is 4.03. The first kappa shape index (κ1) is 19.4. The summed E-state index contributed by atoms with van der Waals surface area (Å²) in [6, 6.07) is 19.8. The van der Waals surface area contributed by atoms with Crippen LogP contribution in [0.5, 0.6) is 5.75 Å². The van der Waals surface area contributed by atoms with Gasteiger partial charge < -0.3 is 14.8 Å². The molecule has 1 heterocycles. The quantitative estimate of drug-likeness (QED) is 0.516. The molecular formula is C24H19NO5. The topological polar surface area (TPSA) is 81.7 Å². The number of hydrogen-bond donors (Lipinski definition) is 1. The lowest BCUT2D eigenvalue weighted by molar-refractivity contribution is -0.118. The molecule has 150 valence electrons. The summed E-state index contributed by atoms with van der Waals surface area (Å²) in [6.45, 7) is 1.57. The van der Waals surface area contributed by atoms with Crippen molar-refractivity contribution in [3.8, 4) is 16.9 Å². The third kappa shape index (κ3) is 4.22. The molecular weight excluding hydrogens is 382 g/mol. The molecule has 6 heteroatoms. The van der Waals surface area contributed by atoms with Gasteiger partial charge in [0, 0.05) is 5.56 Å². The first-order valence-corrected chi connectivity index (χ1v) is 9.44. The molecule has 0 aromatic heterocycles. The zero-order chi connectivity index (χ0) is 21.1. The second kappa shape index (κ2) is 8.21. The van der Waals surface area contributed by atoms with Gasteiger partial charge in [-0.2, -0.15) is 0 Å². The minimum Gasteiger partial charge on any atom is -0.482 e.